The molecule has 0 radical (unpaired) electrons. The molecule has 6 heteroatoms. The Labute approximate surface area is 97.2 Å². The third-order valence-electron chi connectivity index (χ3n) is 1.68. The number of hydrazone groups is 1. The Morgan fingerprint density at radius 3 is 2.69 bits per heavy atom. The summed E-state index contributed by atoms with van der Waals surface area (Å²) in [7, 11) is 0. The van der Waals surface area contributed by atoms with Crippen molar-refractivity contribution in [3.63, 3.8) is 0 Å². The van der Waals surface area contributed by atoms with Gasteiger partial charge in [-0.15, -0.1) is 0 Å². The van der Waals surface area contributed by atoms with Gasteiger partial charge in [0.05, 0.1) is 16.9 Å². The fourth-order valence-electron chi connectivity index (χ4n) is 0.977. The van der Waals surface area contributed by atoms with E-state index in [2.05, 4.69) is 25.5 Å². The van der Waals surface area contributed by atoms with Gasteiger partial charge in [-0.3, -0.25) is 4.98 Å². The second-order valence-electron chi connectivity index (χ2n) is 2.84. The number of pyridine rings is 1. The maximum atomic E-state index is 5.70. The normalized spacial score (nSPS) is 10.6. The summed E-state index contributed by atoms with van der Waals surface area (Å²) in [6.07, 6.45) is 6.38. The van der Waals surface area contributed by atoms with Crippen molar-refractivity contribution in [2.45, 2.75) is 0 Å². The summed E-state index contributed by atoms with van der Waals surface area (Å²) in [4.78, 5) is 11.9. The monoisotopic (exact) mass is 233 g/mol. The zero-order chi connectivity index (χ0) is 11.2. The fourth-order valence-corrected chi connectivity index (χ4v) is 1.09. The molecule has 0 bridgehead atoms. The molecular formula is C10H8ClN5. The third kappa shape index (κ3) is 2.99. The van der Waals surface area contributed by atoms with Crippen molar-refractivity contribution >= 4 is 23.8 Å². The first-order chi connectivity index (χ1) is 7.84. The molecule has 2 rings (SSSR count). The molecule has 2 aromatic rings. The lowest BCUT2D eigenvalue weighted by atomic mass is 10.4. The Kier molecular flexibility index (Phi) is 3.40. The minimum Gasteiger partial charge on any atom is -0.254 e. The lowest BCUT2D eigenvalue weighted by Gasteiger charge is -1.95. The second kappa shape index (κ2) is 5.18. The summed E-state index contributed by atoms with van der Waals surface area (Å²) in [5.41, 5.74) is 3.38. The first kappa shape index (κ1) is 10.5. The molecule has 0 saturated carbocycles. The molecule has 0 atom stereocenters. The van der Waals surface area contributed by atoms with Gasteiger partial charge in [0.25, 0.3) is 0 Å². The molecule has 0 aromatic carbocycles. The van der Waals surface area contributed by atoms with Crippen molar-refractivity contribution < 1.29 is 0 Å². The Bertz CT molecular complexity index is 468. The van der Waals surface area contributed by atoms with Crippen LogP contribution in [0.2, 0.25) is 5.02 Å². The maximum Gasteiger partial charge on any atom is 0.243 e. The van der Waals surface area contributed by atoms with Crippen molar-refractivity contribution in [1.82, 2.24) is 15.0 Å². The quantitative estimate of drug-likeness (QED) is 0.650. The van der Waals surface area contributed by atoms with Crippen LogP contribution in [-0.4, -0.2) is 21.2 Å². The van der Waals surface area contributed by atoms with E-state index in [1.165, 1.54) is 0 Å². The van der Waals surface area contributed by atoms with Gasteiger partial charge in [0.2, 0.25) is 5.95 Å². The van der Waals surface area contributed by atoms with Crippen molar-refractivity contribution in [3.8, 4) is 0 Å². The first-order valence-electron chi connectivity index (χ1n) is 4.52. The third-order valence-corrected chi connectivity index (χ3v) is 1.90. The van der Waals surface area contributed by atoms with E-state index in [1.807, 2.05) is 0 Å². The van der Waals surface area contributed by atoms with Crippen molar-refractivity contribution in [3.05, 3.63) is 47.5 Å². The SMILES string of the molecule is Clc1ccc(C=NNc2ncccn2)nc1. The molecule has 0 aliphatic carbocycles. The smallest absolute Gasteiger partial charge is 0.243 e. The molecular weight excluding hydrogens is 226 g/mol. The molecule has 2 heterocycles. The standard InChI is InChI=1S/C10H8ClN5/c11-8-2-3-9(14-6-8)7-15-16-10-12-4-1-5-13-10/h1-7H,(H,12,13,16). The minimum absolute atomic E-state index is 0.438. The summed E-state index contributed by atoms with van der Waals surface area (Å²) < 4.78 is 0. The average Bonchev–Trinajstić information content (AvgIpc) is 2.33. The summed E-state index contributed by atoms with van der Waals surface area (Å²) in [5, 5.41) is 4.53. The molecule has 0 aliphatic heterocycles. The second-order valence-corrected chi connectivity index (χ2v) is 3.28. The predicted molar refractivity (Wildman–Crippen MR) is 62.5 cm³/mol. The van der Waals surface area contributed by atoms with E-state index in [-0.39, 0.29) is 0 Å². The van der Waals surface area contributed by atoms with Crippen LogP contribution in [0.3, 0.4) is 0 Å². The van der Waals surface area contributed by atoms with Crippen LogP contribution in [0.25, 0.3) is 0 Å². The molecule has 0 fully saturated rings. The highest BCUT2D eigenvalue weighted by molar-refractivity contribution is 6.30. The molecule has 5 nitrogen and oxygen atoms in total. The van der Waals surface area contributed by atoms with Gasteiger partial charge >= 0.3 is 0 Å². The number of halogens is 1. The van der Waals surface area contributed by atoms with Crippen LogP contribution in [0.1, 0.15) is 5.69 Å². The Hall–Kier alpha value is -2.01. The van der Waals surface area contributed by atoms with Crippen LogP contribution in [0, 0.1) is 0 Å². The lowest BCUT2D eigenvalue weighted by molar-refractivity contribution is 1.12. The Morgan fingerprint density at radius 2 is 2.00 bits per heavy atom. The molecule has 0 saturated heterocycles. The summed E-state index contributed by atoms with van der Waals surface area (Å²) in [6.45, 7) is 0. The van der Waals surface area contributed by atoms with Gasteiger partial charge in [0, 0.05) is 18.6 Å². The van der Waals surface area contributed by atoms with Gasteiger partial charge in [-0.2, -0.15) is 5.10 Å². The molecule has 0 amide bonds. The number of anilines is 1. The van der Waals surface area contributed by atoms with Gasteiger partial charge in [-0.1, -0.05) is 11.6 Å². The lowest BCUT2D eigenvalue weighted by Crippen LogP contribution is -1.96. The summed E-state index contributed by atoms with van der Waals surface area (Å²) >= 11 is 5.70. The average molecular weight is 234 g/mol. The Morgan fingerprint density at radius 1 is 1.19 bits per heavy atom. The Balaban J connectivity index is 1.98. The van der Waals surface area contributed by atoms with E-state index in [9.17, 15) is 0 Å². The zero-order valence-electron chi connectivity index (χ0n) is 8.21. The number of nitrogens with zero attached hydrogens (tertiary/aromatic N) is 4. The van der Waals surface area contributed by atoms with Crippen LogP contribution in [-0.2, 0) is 0 Å². The first-order valence-corrected chi connectivity index (χ1v) is 4.90. The highest BCUT2D eigenvalue weighted by atomic mass is 35.5. The van der Waals surface area contributed by atoms with Crippen molar-refractivity contribution in [1.29, 1.82) is 0 Å². The molecule has 1 N–H and O–H groups in total. The number of nitrogens with one attached hydrogen (secondary N) is 1. The van der Waals surface area contributed by atoms with E-state index < -0.39 is 0 Å². The highest BCUT2D eigenvalue weighted by Crippen LogP contribution is 2.04. The molecule has 0 spiro atoms. The molecule has 16 heavy (non-hydrogen) atoms. The van der Waals surface area contributed by atoms with E-state index in [0.717, 1.165) is 0 Å². The predicted octanol–water partition coefficient (Wildman–Crippen LogP) is 1.97. The fraction of sp³-hybridized carbons (Fsp3) is 0. The van der Waals surface area contributed by atoms with Gasteiger partial charge in [-0.25, -0.2) is 15.4 Å². The molecule has 0 aliphatic rings. The highest BCUT2D eigenvalue weighted by Gasteiger charge is 1.91. The van der Waals surface area contributed by atoms with E-state index in [4.69, 9.17) is 11.6 Å². The van der Waals surface area contributed by atoms with E-state index in [1.54, 1.807) is 43.0 Å². The number of rotatable bonds is 3. The van der Waals surface area contributed by atoms with Crippen LogP contribution >= 0.6 is 11.6 Å². The topological polar surface area (TPSA) is 63.1 Å². The number of hydrogen-bond acceptors (Lipinski definition) is 5. The van der Waals surface area contributed by atoms with Gasteiger partial charge in [0.15, 0.2) is 0 Å². The van der Waals surface area contributed by atoms with Crippen molar-refractivity contribution in [2.75, 3.05) is 5.43 Å². The van der Waals surface area contributed by atoms with Gasteiger partial charge in [0.1, 0.15) is 0 Å². The minimum atomic E-state index is 0.438. The molecule has 80 valence electrons. The largest absolute Gasteiger partial charge is 0.254 e. The maximum absolute atomic E-state index is 5.70. The van der Waals surface area contributed by atoms with Crippen LogP contribution < -0.4 is 5.43 Å². The number of hydrogen-bond donors (Lipinski definition) is 1. The molecule has 0 unspecified atom stereocenters. The van der Waals surface area contributed by atoms with Gasteiger partial charge in [-0.05, 0) is 18.2 Å². The van der Waals surface area contributed by atoms with Crippen LogP contribution in [0.5, 0.6) is 0 Å². The van der Waals surface area contributed by atoms with E-state index in [0.29, 0.717) is 16.7 Å². The zero-order valence-corrected chi connectivity index (χ0v) is 8.96. The summed E-state index contributed by atoms with van der Waals surface area (Å²) in [6, 6.07) is 5.24. The summed E-state index contributed by atoms with van der Waals surface area (Å²) in [5.74, 6) is 0.438. The van der Waals surface area contributed by atoms with Gasteiger partial charge < -0.3 is 0 Å². The van der Waals surface area contributed by atoms with Crippen LogP contribution in [0.4, 0.5) is 5.95 Å². The van der Waals surface area contributed by atoms with E-state index >= 15 is 0 Å². The van der Waals surface area contributed by atoms with Crippen LogP contribution in [0.15, 0.2) is 41.9 Å². The van der Waals surface area contributed by atoms with Crippen molar-refractivity contribution in [2.24, 2.45) is 5.10 Å². The molecule has 2 aromatic heterocycles. The number of aromatic nitrogens is 3.